The van der Waals surface area contributed by atoms with Crippen molar-refractivity contribution in [2.75, 3.05) is 18.0 Å². The van der Waals surface area contributed by atoms with Gasteiger partial charge in [0.05, 0.1) is 33.9 Å². The summed E-state index contributed by atoms with van der Waals surface area (Å²) in [5, 5.41) is 4.49. The third kappa shape index (κ3) is 8.30. The second-order valence-electron chi connectivity index (χ2n) is 9.12. The summed E-state index contributed by atoms with van der Waals surface area (Å²) in [7, 11) is -2.97. The Morgan fingerprint density at radius 2 is 1.73 bits per heavy atom. The Morgan fingerprint density at radius 3 is 2.39 bits per heavy atom. The Morgan fingerprint density at radius 1 is 1.02 bits per heavy atom. The lowest BCUT2D eigenvalue weighted by Gasteiger charge is -2.24. The molecule has 0 aliphatic heterocycles. The number of carbonyl (C=O) groups excluding carboxylic acids is 1. The third-order valence-corrected chi connectivity index (χ3v) is 8.66. The summed E-state index contributed by atoms with van der Waals surface area (Å²) in [6, 6.07) is 21.2. The van der Waals surface area contributed by atoms with E-state index in [2.05, 4.69) is 26.5 Å². The van der Waals surface area contributed by atoms with Gasteiger partial charge in [-0.2, -0.15) is 18.3 Å². The Bertz CT molecular complexity index is 1760. The number of alkyl halides is 3. The quantitative estimate of drug-likeness (QED) is 0.133. The number of halogens is 5. The van der Waals surface area contributed by atoms with E-state index in [-0.39, 0.29) is 17.2 Å². The van der Waals surface area contributed by atoms with Crippen molar-refractivity contribution in [3.63, 3.8) is 0 Å². The van der Waals surface area contributed by atoms with E-state index in [1.54, 1.807) is 30.3 Å². The van der Waals surface area contributed by atoms with E-state index in [1.807, 2.05) is 12.1 Å². The van der Waals surface area contributed by atoms with Crippen LogP contribution in [0.2, 0.25) is 5.02 Å². The van der Waals surface area contributed by atoms with E-state index in [9.17, 15) is 26.4 Å². The molecule has 4 aromatic carbocycles. The smallest absolute Gasteiger partial charge is 0.416 e. The molecular formula is C30H24BrClF3N3O5S. The molecule has 0 heterocycles. The first-order valence-corrected chi connectivity index (χ1v) is 15.3. The van der Waals surface area contributed by atoms with E-state index in [4.69, 9.17) is 21.1 Å². The molecule has 0 aromatic heterocycles. The summed E-state index contributed by atoms with van der Waals surface area (Å²) in [4.78, 5) is 12.6. The highest BCUT2D eigenvalue weighted by Crippen LogP contribution is 2.37. The zero-order valence-electron chi connectivity index (χ0n) is 22.9. The lowest BCUT2D eigenvalue weighted by molar-refractivity contribution is -0.137. The summed E-state index contributed by atoms with van der Waals surface area (Å²) >= 11 is 9.36. The van der Waals surface area contributed by atoms with Gasteiger partial charge in [0.1, 0.15) is 13.2 Å². The van der Waals surface area contributed by atoms with Crippen molar-refractivity contribution in [3.05, 3.63) is 117 Å². The van der Waals surface area contributed by atoms with Crippen LogP contribution < -0.4 is 19.2 Å². The van der Waals surface area contributed by atoms with E-state index >= 15 is 0 Å². The van der Waals surface area contributed by atoms with Crippen LogP contribution in [-0.2, 0) is 27.6 Å². The van der Waals surface area contributed by atoms with Crippen LogP contribution >= 0.6 is 27.5 Å². The van der Waals surface area contributed by atoms with Crippen LogP contribution in [0.4, 0.5) is 18.9 Å². The fourth-order valence-corrected chi connectivity index (χ4v) is 6.04. The van der Waals surface area contributed by atoms with Gasteiger partial charge in [-0.1, -0.05) is 48.0 Å². The summed E-state index contributed by atoms with van der Waals surface area (Å²) in [5.41, 5.74) is 2.18. The molecule has 0 unspecified atom stereocenters. The number of carbonyl (C=O) groups is 1. The van der Waals surface area contributed by atoms with Gasteiger partial charge in [0.2, 0.25) is 0 Å². The SMILES string of the molecule is COc1cc(/C=N\NC(=O)CN(c2cccc(C(F)(F)F)c2)S(=O)(=O)c2ccccc2)cc(Br)c1OCc1ccc(Cl)cc1. The second-order valence-corrected chi connectivity index (χ2v) is 12.3. The van der Waals surface area contributed by atoms with Gasteiger partial charge in [-0.25, -0.2) is 13.8 Å². The lowest BCUT2D eigenvalue weighted by Crippen LogP contribution is -2.39. The molecule has 0 bridgehead atoms. The van der Waals surface area contributed by atoms with Gasteiger partial charge in [-0.05, 0) is 81.7 Å². The average Bonchev–Trinajstić information content (AvgIpc) is 3.00. The standard InChI is InChI=1S/C30H24BrClF3N3O5S/c1-42-27-15-21(14-26(31)29(27)43-19-20-10-12-23(32)13-11-20)17-36-37-28(39)18-38(44(40,41)25-8-3-2-4-9-25)24-7-5-6-22(16-24)30(33,34)35/h2-17H,18-19H2,1H3,(H,37,39)/b36-17-. The highest BCUT2D eigenvalue weighted by molar-refractivity contribution is 9.10. The predicted octanol–water partition coefficient (Wildman–Crippen LogP) is 7.05. The van der Waals surface area contributed by atoms with Crippen LogP contribution in [0.25, 0.3) is 0 Å². The maximum Gasteiger partial charge on any atom is 0.416 e. The minimum absolute atomic E-state index is 0.205. The van der Waals surface area contributed by atoms with Gasteiger partial charge >= 0.3 is 6.18 Å². The molecular weight excluding hydrogens is 687 g/mol. The van der Waals surface area contributed by atoms with Gasteiger partial charge in [0.15, 0.2) is 11.5 Å². The van der Waals surface area contributed by atoms with Crippen molar-refractivity contribution < 1.29 is 35.9 Å². The van der Waals surface area contributed by atoms with Crippen LogP contribution in [0.3, 0.4) is 0 Å². The van der Waals surface area contributed by atoms with Gasteiger partial charge < -0.3 is 9.47 Å². The molecule has 0 aliphatic rings. The zero-order valence-corrected chi connectivity index (χ0v) is 26.0. The molecule has 1 N–H and O–H groups in total. The molecule has 0 spiro atoms. The van der Waals surface area contributed by atoms with E-state index in [0.717, 1.165) is 17.7 Å². The highest BCUT2D eigenvalue weighted by atomic mass is 79.9. The monoisotopic (exact) mass is 709 g/mol. The lowest BCUT2D eigenvalue weighted by atomic mass is 10.2. The maximum atomic E-state index is 13.4. The van der Waals surface area contributed by atoms with Crippen molar-refractivity contribution in [3.8, 4) is 11.5 Å². The molecule has 0 saturated carbocycles. The number of benzene rings is 4. The molecule has 0 radical (unpaired) electrons. The number of ether oxygens (including phenoxy) is 2. The Labute approximate surface area is 265 Å². The minimum Gasteiger partial charge on any atom is -0.493 e. The Hall–Kier alpha value is -4.07. The van der Waals surface area contributed by atoms with Gasteiger partial charge in [0, 0.05) is 5.02 Å². The number of amides is 1. The van der Waals surface area contributed by atoms with Crippen molar-refractivity contribution >= 4 is 55.4 Å². The van der Waals surface area contributed by atoms with Crippen LogP contribution in [0.1, 0.15) is 16.7 Å². The van der Waals surface area contributed by atoms with Crippen molar-refractivity contribution in [1.29, 1.82) is 0 Å². The molecule has 0 atom stereocenters. The van der Waals surface area contributed by atoms with E-state index in [1.165, 1.54) is 43.7 Å². The van der Waals surface area contributed by atoms with E-state index in [0.29, 0.717) is 36.9 Å². The molecule has 14 heteroatoms. The number of anilines is 1. The summed E-state index contributed by atoms with van der Waals surface area (Å²) in [6.07, 6.45) is -3.44. The van der Waals surface area contributed by atoms with Gasteiger partial charge in [0.25, 0.3) is 15.9 Å². The Balaban J connectivity index is 1.52. The highest BCUT2D eigenvalue weighted by Gasteiger charge is 2.33. The van der Waals surface area contributed by atoms with Crippen molar-refractivity contribution in [2.45, 2.75) is 17.7 Å². The Kier molecular flexibility index (Phi) is 10.6. The third-order valence-electron chi connectivity index (χ3n) is 6.03. The number of hydrogen-bond acceptors (Lipinski definition) is 6. The number of hydrazone groups is 1. The van der Waals surface area contributed by atoms with Gasteiger partial charge in [-0.15, -0.1) is 0 Å². The molecule has 0 saturated heterocycles. The largest absolute Gasteiger partial charge is 0.493 e. The normalized spacial score (nSPS) is 11.8. The summed E-state index contributed by atoms with van der Waals surface area (Å²) in [5.74, 6) is -0.107. The molecule has 1 amide bonds. The first-order chi connectivity index (χ1) is 20.9. The zero-order chi connectivity index (χ0) is 31.9. The predicted molar refractivity (Wildman–Crippen MR) is 165 cm³/mol. The van der Waals surface area contributed by atoms with Crippen LogP contribution in [0.15, 0.2) is 105 Å². The number of methoxy groups -OCH3 is 1. The molecule has 4 rings (SSSR count). The average molecular weight is 711 g/mol. The molecule has 8 nitrogen and oxygen atoms in total. The maximum absolute atomic E-state index is 13.4. The first-order valence-electron chi connectivity index (χ1n) is 12.7. The second kappa shape index (κ2) is 14.1. The van der Waals surface area contributed by atoms with Crippen LogP contribution in [-0.4, -0.2) is 34.2 Å². The fourth-order valence-electron chi connectivity index (χ4n) is 3.91. The molecule has 0 fully saturated rings. The number of rotatable bonds is 11. The topological polar surface area (TPSA) is 97.3 Å². The number of nitrogens with one attached hydrogen (secondary N) is 1. The first kappa shape index (κ1) is 32.8. The van der Waals surface area contributed by atoms with Gasteiger partial charge in [-0.3, -0.25) is 9.10 Å². The molecule has 44 heavy (non-hydrogen) atoms. The molecule has 4 aromatic rings. The number of nitrogens with zero attached hydrogens (tertiary/aromatic N) is 2. The molecule has 230 valence electrons. The fraction of sp³-hybridized carbons (Fsp3) is 0.133. The van der Waals surface area contributed by atoms with Crippen LogP contribution in [0, 0.1) is 0 Å². The number of hydrogen-bond donors (Lipinski definition) is 1. The van der Waals surface area contributed by atoms with Crippen LogP contribution in [0.5, 0.6) is 11.5 Å². The summed E-state index contributed by atoms with van der Waals surface area (Å²) in [6.45, 7) is -0.607. The summed E-state index contributed by atoms with van der Waals surface area (Å²) < 4.78 is 79.5. The number of sulfonamides is 1. The van der Waals surface area contributed by atoms with E-state index < -0.39 is 34.2 Å². The van der Waals surface area contributed by atoms with Crippen molar-refractivity contribution in [2.24, 2.45) is 5.10 Å². The molecule has 0 aliphatic carbocycles. The van der Waals surface area contributed by atoms with Crippen molar-refractivity contribution in [1.82, 2.24) is 5.43 Å². The minimum atomic E-state index is -4.73.